The van der Waals surface area contributed by atoms with E-state index in [0.29, 0.717) is 0 Å². The lowest BCUT2D eigenvalue weighted by Gasteiger charge is -2.10. The minimum absolute atomic E-state index is 0.0765. The van der Waals surface area contributed by atoms with Gasteiger partial charge in [0.2, 0.25) is 0 Å². The lowest BCUT2D eigenvalue weighted by Crippen LogP contribution is -2.08. The predicted molar refractivity (Wildman–Crippen MR) is 92.4 cm³/mol. The summed E-state index contributed by atoms with van der Waals surface area (Å²) in [6.07, 6.45) is 6.57. The number of halogens is 1. The van der Waals surface area contributed by atoms with Gasteiger partial charge >= 0.3 is 0 Å². The SMILES string of the molecule is CCCc1nn(C)c2c1nc(C(C)Cl)n2CCCCSC. The van der Waals surface area contributed by atoms with Crippen LogP contribution in [-0.4, -0.2) is 31.3 Å². The van der Waals surface area contributed by atoms with Gasteiger partial charge in [0.05, 0.1) is 11.1 Å². The Hall–Kier alpha value is -0.680. The highest BCUT2D eigenvalue weighted by atomic mass is 35.5. The van der Waals surface area contributed by atoms with Gasteiger partial charge in [-0.05, 0) is 38.2 Å². The number of aromatic nitrogens is 4. The molecular weight excluding hydrogens is 304 g/mol. The molecule has 2 rings (SSSR count). The zero-order chi connectivity index (χ0) is 15.4. The molecule has 0 spiro atoms. The molecule has 1 unspecified atom stereocenters. The van der Waals surface area contributed by atoms with Crippen LogP contribution in [0.25, 0.3) is 11.2 Å². The van der Waals surface area contributed by atoms with Crippen molar-refractivity contribution >= 4 is 34.5 Å². The van der Waals surface area contributed by atoms with Gasteiger partial charge in [-0.3, -0.25) is 4.68 Å². The van der Waals surface area contributed by atoms with E-state index in [1.165, 1.54) is 12.2 Å². The van der Waals surface area contributed by atoms with Gasteiger partial charge in [-0.2, -0.15) is 16.9 Å². The highest BCUT2D eigenvalue weighted by molar-refractivity contribution is 7.98. The fourth-order valence-corrected chi connectivity index (χ4v) is 3.36. The first-order chi connectivity index (χ1) is 10.1. The molecule has 2 aromatic rings. The molecule has 0 aromatic carbocycles. The number of aryl methyl sites for hydroxylation is 3. The van der Waals surface area contributed by atoms with Gasteiger partial charge in [-0.1, -0.05) is 13.3 Å². The van der Waals surface area contributed by atoms with E-state index in [1.807, 2.05) is 30.4 Å². The number of thioether (sulfide) groups is 1. The number of nitrogens with zero attached hydrogens (tertiary/aromatic N) is 4. The zero-order valence-electron chi connectivity index (χ0n) is 13.4. The van der Waals surface area contributed by atoms with Crippen molar-refractivity contribution in [3.8, 4) is 0 Å². The summed E-state index contributed by atoms with van der Waals surface area (Å²) in [6, 6.07) is 0. The Bertz CT molecular complexity index is 588. The molecule has 0 aliphatic heterocycles. The summed E-state index contributed by atoms with van der Waals surface area (Å²) >= 11 is 8.24. The topological polar surface area (TPSA) is 35.6 Å². The minimum atomic E-state index is -0.0765. The molecule has 2 heterocycles. The predicted octanol–water partition coefficient (Wildman–Crippen LogP) is 4.17. The molecule has 118 valence electrons. The number of hydrogen-bond donors (Lipinski definition) is 0. The van der Waals surface area contributed by atoms with E-state index in [1.54, 1.807) is 0 Å². The van der Waals surface area contributed by atoms with Crippen molar-refractivity contribution in [2.75, 3.05) is 12.0 Å². The van der Waals surface area contributed by atoms with Crippen LogP contribution in [0.2, 0.25) is 0 Å². The van der Waals surface area contributed by atoms with Crippen LogP contribution < -0.4 is 0 Å². The highest BCUT2D eigenvalue weighted by Gasteiger charge is 2.20. The molecule has 0 amide bonds. The molecule has 6 heteroatoms. The van der Waals surface area contributed by atoms with Gasteiger partial charge in [0.25, 0.3) is 0 Å². The third-order valence-electron chi connectivity index (χ3n) is 3.64. The standard InChI is InChI=1S/C15H25ClN4S/c1-5-8-12-13-15(19(3)18-12)20(9-6-7-10-21-4)14(17-13)11(2)16/h11H,5-10H2,1-4H3. The summed E-state index contributed by atoms with van der Waals surface area (Å²) in [5.41, 5.74) is 3.24. The Morgan fingerprint density at radius 3 is 2.71 bits per heavy atom. The maximum Gasteiger partial charge on any atom is 0.158 e. The Labute approximate surface area is 136 Å². The maximum atomic E-state index is 6.34. The molecular formula is C15H25ClN4S. The van der Waals surface area contributed by atoms with Crippen molar-refractivity contribution in [3.05, 3.63) is 11.5 Å². The third-order valence-corrected chi connectivity index (χ3v) is 4.54. The molecule has 2 aromatic heterocycles. The quantitative estimate of drug-likeness (QED) is 0.539. The molecule has 0 bridgehead atoms. The second-order valence-electron chi connectivity index (χ2n) is 5.43. The minimum Gasteiger partial charge on any atom is -0.312 e. The number of imidazole rings is 1. The van der Waals surface area contributed by atoms with Crippen molar-refractivity contribution in [3.63, 3.8) is 0 Å². The van der Waals surface area contributed by atoms with Crippen molar-refractivity contribution < 1.29 is 0 Å². The van der Waals surface area contributed by atoms with Crippen LogP contribution in [-0.2, 0) is 20.0 Å². The van der Waals surface area contributed by atoms with Crippen LogP contribution in [0.3, 0.4) is 0 Å². The smallest absolute Gasteiger partial charge is 0.158 e. The first-order valence-electron chi connectivity index (χ1n) is 7.65. The fourth-order valence-electron chi connectivity index (χ4n) is 2.70. The summed E-state index contributed by atoms with van der Waals surface area (Å²) in [5.74, 6) is 2.18. The van der Waals surface area contributed by atoms with Crippen LogP contribution in [0.1, 0.15) is 50.0 Å². The zero-order valence-corrected chi connectivity index (χ0v) is 15.0. The molecule has 0 radical (unpaired) electrons. The lowest BCUT2D eigenvalue weighted by molar-refractivity contribution is 0.598. The average molecular weight is 329 g/mol. The molecule has 0 saturated heterocycles. The Morgan fingerprint density at radius 2 is 2.10 bits per heavy atom. The molecule has 0 saturated carbocycles. The number of unbranched alkanes of at least 4 members (excludes halogenated alkanes) is 1. The van der Waals surface area contributed by atoms with Gasteiger partial charge in [-0.25, -0.2) is 4.98 Å². The van der Waals surface area contributed by atoms with E-state index >= 15 is 0 Å². The average Bonchev–Trinajstić information content (AvgIpc) is 2.95. The summed E-state index contributed by atoms with van der Waals surface area (Å²) in [7, 11) is 2.00. The summed E-state index contributed by atoms with van der Waals surface area (Å²) in [6.45, 7) is 5.13. The molecule has 1 atom stereocenters. The van der Waals surface area contributed by atoms with E-state index in [0.717, 1.165) is 48.5 Å². The monoisotopic (exact) mass is 328 g/mol. The normalized spacial score (nSPS) is 13.2. The number of hydrogen-bond acceptors (Lipinski definition) is 3. The molecule has 0 N–H and O–H groups in total. The third kappa shape index (κ3) is 3.57. The lowest BCUT2D eigenvalue weighted by atomic mass is 10.2. The summed E-state index contributed by atoms with van der Waals surface area (Å²) in [4.78, 5) is 4.79. The summed E-state index contributed by atoms with van der Waals surface area (Å²) in [5, 5.41) is 4.55. The Kier molecular flexibility index (Phi) is 5.99. The van der Waals surface area contributed by atoms with Crippen LogP contribution in [0, 0.1) is 0 Å². The first-order valence-corrected chi connectivity index (χ1v) is 9.48. The largest absolute Gasteiger partial charge is 0.312 e. The van der Waals surface area contributed by atoms with E-state index in [-0.39, 0.29) is 5.38 Å². The fraction of sp³-hybridized carbons (Fsp3) is 0.733. The maximum absolute atomic E-state index is 6.34. The number of fused-ring (bicyclic) bond motifs is 1. The van der Waals surface area contributed by atoms with E-state index in [2.05, 4.69) is 22.8 Å². The van der Waals surface area contributed by atoms with Gasteiger partial charge in [0.1, 0.15) is 11.3 Å². The molecule has 0 aliphatic rings. The van der Waals surface area contributed by atoms with Gasteiger partial charge in [0, 0.05) is 13.6 Å². The molecule has 21 heavy (non-hydrogen) atoms. The van der Waals surface area contributed by atoms with Gasteiger partial charge in [0.15, 0.2) is 5.65 Å². The van der Waals surface area contributed by atoms with Crippen molar-refractivity contribution in [2.45, 2.75) is 51.5 Å². The Morgan fingerprint density at radius 1 is 1.33 bits per heavy atom. The summed E-state index contributed by atoms with van der Waals surface area (Å²) < 4.78 is 4.23. The number of alkyl halides is 1. The van der Waals surface area contributed by atoms with Crippen LogP contribution in [0.5, 0.6) is 0 Å². The van der Waals surface area contributed by atoms with Crippen molar-refractivity contribution in [1.29, 1.82) is 0 Å². The van der Waals surface area contributed by atoms with Crippen LogP contribution in [0.15, 0.2) is 0 Å². The van der Waals surface area contributed by atoms with Crippen LogP contribution in [0.4, 0.5) is 0 Å². The van der Waals surface area contributed by atoms with Gasteiger partial charge < -0.3 is 4.57 Å². The molecule has 0 aliphatic carbocycles. The molecule has 0 fully saturated rings. The second kappa shape index (κ2) is 7.54. The van der Waals surface area contributed by atoms with Crippen molar-refractivity contribution in [2.24, 2.45) is 7.05 Å². The first kappa shape index (κ1) is 16.7. The van der Waals surface area contributed by atoms with Crippen molar-refractivity contribution in [1.82, 2.24) is 19.3 Å². The van der Waals surface area contributed by atoms with E-state index in [4.69, 9.17) is 16.6 Å². The highest BCUT2D eigenvalue weighted by Crippen LogP contribution is 2.27. The van der Waals surface area contributed by atoms with Crippen LogP contribution >= 0.6 is 23.4 Å². The second-order valence-corrected chi connectivity index (χ2v) is 7.07. The molecule has 4 nitrogen and oxygen atoms in total. The Balaban J connectivity index is 2.37. The van der Waals surface area contributed by atoms with Gasteiger partial charge in [-0.15, -0.1) is 11.6 Å². The number of rotatable bonds is 8. The van der Waals surface area contributed by atoms with E-state index < -0.39 is 0 Å². The van der Waals surface area contributed by atoms with E-state index in [9.17, 15) is 0 Å².